The summed E-state index contributed by atoms with van der Waals surface area (Å²) in [5.41, 5.74) is 0.803. The van der Waals surface area contributed by atoms with Crippen LogP contribution in [0.25, 0.3) is 0 Å². The minimum Gasteiger partial charge on any atom is -0.496 e. The van der Waals surface area contributed by atoms with Crippen LogP contribution >= 0.6 is 0 Å². The number of carbonyl (C=O) groups excluding carboxylic acids is 1. The van der Waals surface area contributed by atoms with Crippen LogP contribution in [0.1, 0.15) is 25.3 Å². The molecular weight excluding hydrogens is 220 g/mol. The average molecular weight is 238 g/mol. The first-order valence-corrected chi connectivity index (χ1v) is 5.35. The predicted molar refractivity (Wildman–Crippen MR) is 65.2 cm³/mol. The summed E-state index contributed by atoms with van der Waals surface area (Å²) in [7, 11) is 4.69. The number of Topliss-reactive ketones (excluding diaryl/α,β-unsaturated/α-hetero) is 1. The maximum atomic E-state index is 11.4. The second-order valence-electron chi connectivity index (χ2n) is 3.78. The Kier molecular flexibility index (Phi) is 4.37. The second-order valence-corrected chi connectivity index (χ2v) is 3.78. The molecule has 1 aromatic carbocycles. The van der Waals surface area contributed by atoms with E-state index in [0.717, 1.165) is 5.56 Å². The van der Waals surface area contributed by atoms with E-state index < -0.39 is 0 Å². The zero-order chi connectivity index (χ0) is 13.0. The van der Waals surface area contributed by atoms with Crippen LogP contribution in [0.2, 0.25) is 0 Å². The third-order valence-corrected chi connectivity index (χ3v) is 2.81. The van der Waals surface area contributed by atoms with Gasteiger partial charge in [0.2, 0.25) is 0 Å². The minimum atomic E-state index is -0.232. The topological polar surface area (TPSA) is 44.8 Å². The molecule has 1 unspecified atom stereocenters. The molecule has 1 rings (SSSR count). The Morgan fingerprint density at radius 3 is 1.88 bits per heavy atom. The monoisotopic (exact) mass is 238 g/mol. The number of hydrogen-bond acceptors (Lipinski definition) is 4. The van der Waals surface area contributed by atoms with Gasteiger partial charge < -0.3 is 14.2 Å². The van der Waals surface area contributed by atoms with Crippen molar-refractivity contribution in [2.24, 2.45) is 0 Å². The fraction of sp³-hybridized carbons (Fsp3) is 0.462. The molecule has 0 amide bonds. The summed E-state index contributed by atoms with van der Waals surface area (Å²) in [6.07, 6.45) is 0. The molecule has 0 N–H and O–H groups in total. The Labute approximate surface area is 101 Å². The lowest BCUT2D eigenvalue weighted by Crippen LogP contribution is -2.07. The number of rotatable bonds is 5. The number of methoxy groups -OCH3 is 3. The standard InChI is InChI=1S/C13H18O4/c1-8(9(2)14)10-6-12(16-4)13(17-5)7-11(10)15-3/h6-8H,1-5H3. The third-order valence-electron chi connectivity index (χ3n) is 2.81. The first kappa shape index (κ1) is 13.4. The summed E-state index contributed by atoms with van der Waals surface area (Å²) >= 11 is 0. The van der Waals surface area contributed by atoms with Crippen molar-refractivity contribution < 1.29 is 19.0 Å². The smallest absolute Gasteiger partial charge is 0.164 e. The van der Waals surface area contributed by atoms with E-state index in [1.165, 1.54) is 0 Å². The number of ether oxygens (including phenoxy) is 3. The highest BCUT2D eigenvalue weighted by Crippen LogP contribution is 2.38. The van der Waals surface area contributed by atoms with Crippen molar-refractivity contribution in [2.45, 2.75) is 19.8 Å². The van der Waals surface area contributed by atoms with Crippen LogP contribution in [0.15, 0.2) is 12.1 Å². The van der Waals surface area contributed by atoms with Gasteiger partial charge >= 0.3 is 0 Å². The Hall–Kier alpha value is -1.71. The van der Waals surface area contributed by atoms with Crippen LogP contribution in [0.3, 0.4) is 0 Å². The summed E-state index contributed by atoms with van der Waals surface area (Å²) in [6, 6.07) is 3.51. The zero-order valence-corrected chi connectivity index (χ0v) is 10.9. The van der Waals surface area contributed by atoms with E-state index in [9.17, 15) is 4.79 Å². The molecule has 0 aliphatic rings. The molecule has 1 atom stereocenters. The largest absolute Gasteiger partial charge is 0.496 e. The van der Waals surface area contributed by atoms with Gasteiger partial charge in [-0.15, -0.1) is 0 Å². The SMILES string of the molecule is COc1cc(OC)c(C(C)C(C)=O)cc1OC. The molecule has 0 fully saturated rings. The van der Waals surface area contributed by atoms with E-state index in [1.807, 2.05) is 6.92 Å². The molecule has 4 nitrogen and oxygen atoms in total. The molecule has 0 radical (unpaired) electrons. The summed E-state index contributed by atoms with van der Waals surface area (Å²) in [6.45, 7) is 3.40. The fourth-order valence-corrected chi connectivity index (χ4v) is 1.61. The van der Waals surface area contributed by atoms with Crippen LogP contribution in [0.4, 0.5) is 0 Å². The van der Waals surface area contributed by atoms with Crippen LogP contribution in [0.5, 0.6) is 17.2 Å². The van der Waals surface area contributed by atoms with Gasteiger partial charge in [0.1, 0.15) is 11.5 Å². The summed E-state index contributed by atoms with van der Waals surface area (Å²) in [5.74, 6) is 1.66. The predicted octanol–water partition coefficient (Wildman–Crippen LogP) is 2.40. The van der Waals surface area contributed by atoms with Gasteiger partial charge in [0.15, 0.2) is 11.5 Å². The molecule has 94 valence electrons. The Balaban J connectivity index is 3.33. The van der Waals surface area contributed by atoms with Gasteiger partial charge in [-0.05, 0) is 13.0 Å². The summed E-state index contributed by atoms with van der Waals surface area (Å²) in [4.78, 5) is 11.4. The summed E-state index contributed by atoms with van der Waals surface area (Å²) < 4.78 is 15.7. The van der Waals surface area contributed by atoms with Crippen molar-refractivity contribution in [1.29, 1.82) is 0 Å². The highest BCUT2D eigenvalue weighted by molar-refractivity contribution is 5.84. The molecule has 0 bridgehead atoms. The Morgan fingerprint density at radius 1 is 1.00 bits per heavy atom. The van der Waals surface area contributed by atoms with E-state index in [0.29, 0.717) is 17.2 Å². The molecule has 0 saturated heterocycles. The van der Waals surface area contributed by atoms with Gasteiger partial charge in [-0.1, -0.05) is 6.92 Å². The molecule has 0 heterocycles. The third kappa shape index (κ3) is 2.70. The van der Waals surface area contributed by atoms with E-state index in [1.54, 1.807) is 40.4 Å². The van der Waals surface area contributed by atoms with Gasteiger partial charge in [-0.2, -0.15) is 0 Å². The van der Waals surface area contributed by atoms with Crippen LogP contribution in [-0.2, 0) is 4.79 Å². The van der Waals surface area contributed by atoms with Crippen molar-refractivity contribution in [3.8, 4) is 17.2 Å². The molecule has 4 heteroatoms. The van der Waals surface area contributed by atoms with Gasteiger partial charge in [-0.25, -0.2) is 0 Å². The minimum absolute atomic E-state index is 0.0792. The van der Waals surface area contributed by atoms with E-state index in [4.69, 9.17) is 14.2 Å². The number of benzene rings is 1. The fourth-order valence-electron chi connectivity index (χ4n) is 1.61. The average Bonchev–Trinajstić information content (AvgIpc) is 2.35. The van der Waals surface area contributed by atoms with Gasteiger partial charge in [0.25, 0.3) is 0 Å². The number of carbonyl (C=O) groups is 1. The lowest BCUT2D eigenvalue weighted by Gasteiger charge is -2.16. The first-order valence-electron chi connectivity index (χ1n) is 5.35. The van der Waals surface area contributed by atoms with Gasteiger partial charge in [0.05, 0.1) is 21.3 Å². The molecule has 17 heavy (non-hydrogen) atoms. The molecule has 0 spiro atoms. The van der Waals surface area contributed by atoms with Gasteiger partial charge in [-0.3, -0.25) is 4.79 Å². The molecular formula is C13H18O4. The van der Waals surface area contributed by atoms with Crippen LogP contribution in [0, 0.1) is 0 Å². The molecule has 1 aromatic rings. The van der Waals surface area contributed by atoms with Crippen molar-refractivity contribution in [2.75, 3.05) is 21.3 Å². The van der Waals surface area contributed by atoms with Gasteiger partial charge in [0, 0.05) is 17.5 Å². The maximum Gasteiger partial charge on any atom is 0.164 e. The van der Waals surface area contributed by atoms with E-state index in [2.05, 4.69) is 0 Å². The molecule has 0 aromatic heterocycles. The highest BCUT2D eigenvalue weighted by atomic mass is 16.5. The summed E-state index contributed by atoms with van der Waals surface area (Å²) in [5, 5.41) is 0. The van der Waals surface area contributed by atoms with Crippen molar-refractivity contribution >= 4 is 5.78 Å². The number of ketones is 1. The Bertz CT molecular complexity index is 412. The van der Waals surface area contributed by atoms with Crippen molar-refractivity contribution in [1.82, 2.24) is 0 Å². The van der Waals surface area contributed by atoms with Crippen molar-refractivity contribution in [3.63, 3.8) is 0 Å². The lowest BCUT2D eigenvalue weighted by atomic mass is 9.96. The highest BCUT2D eigenvalue weighted by Gasteiger charge is 2.19. The molecule has 0 aliphatic heterocycles. The quantitative estimate of drug-likeness (QED) is 0.790. The lowest BCUT2D eigenvalue weighted by molar-refractivity contribution is -0.118. The first-order chi connectivity index (χ1) is 8.04. The number of hydrogen-bond donors (Lipinski definition) is 0. The second kappa shape index (κ2) is 5.57. The van der Waals surface area contributed by atoms with Crippen molar-refractivity contribution in [3.05, 3.63) is 17.7 Å². The van der Waals surface area contributed by atoms with Crippen LogP contribution in [-0.4, -0.2) is 27.1 Å². The maximum absolute atomic E-state index is 11.4. The normalized spacial score (nSPS) is 11.8. The van der Waals surface area contributed by atoms with E-state index in [-0.39, 0.29) is 11.7 Å². The zero-order valence-electron chi connectivity index (χ0n) is 10.9. The molecule has 0 aliphatic carbocycles. The molecule has 0 saturated carbocycles. The van der Waals surface area contributed by atoms with Crippen LogP contribution < -0.4 is 14.2 Å². The Morgan fingerprint density at radius 2 is 1.47 bits per heavy atom. The van der Waals surface area contributed by atoms with E-state index >= 15 is 0 Å².